The molecule has 0 bridgehead atoms. The fourth-order valence-electron chi connectivity index (χ4n) is 4.73. The summed E-state index contributed by atoms with van der Waals surface area (Å²) in [6.07, 6.45) is -0.0248. The normalized spacial score (nSPS) is 23.8. The van der Waals surface area contributed by atoms with Crippen molar-refractivity contribution in [2.75, 3.05) is 0 Å². The molecule has 6 heteroatoms. The summed E-state index contributed by atoms with van der Waals surface area (Å²) in [4.78, 5) is 12.7. The molecule has 3 atom stereocenters. The zero-order valence-corrected chi connectivity index (χ0v) is 21.9. The standard InChI is InChI=1S/C20H42ClNO2Si2/c1-13(2)26(14(3)4,15(5)6)24-16(7)18-17(21)19(23)22(18)25(11,12)20(8,9)10/h13-18H,1-12H3/t16-,17+,18+/m0/s1. The second kappa shape index (κ2) is 7.88. The maximum absolute atomic E-state index is 12.7. The maximum atomic E-state index is 12.7. The van der Waals surface area contributed by atoms with E-state index in [0.717, 1.165) is 0 Å². The third-order valence-corrected chi connectivity index (χ3v) is 19.1. The van der Waals surface area contributed by atoms with Gasteiger partial charge in [-0.1, -0.05) is 75.4 Å². The molecule has 0 aromatic rings. The molecule has 0 aromatic heterocycles. The Morgan fingerprint density at radius 2 is 1.35 bits per heavy atom. The first kappa shape index (κ1) is 24.2. The topological polar surface area (TPSA) is 29.5 Å². The van der Waals surface area contributed by atoms with Crippen LogP contribution in [0.15, 0.2) is 0 Å². The van der Waals surface area contributed by atoms with Crippen molar-refractivity contribution in [3.63, 3.8) is 0 Å². The minimum Gasteiger partial charge on any atom is -0.411 e. The van der Waals surface area contributed by atoms with Crippen LogP contribution in [0.1, 0.15) is 69.2 Å². The molecule has 0 aliphatic carbocycles. The smallest absolute Gasteiger partial charge is 0.235 e. The van der Waals surface area contributed by atoms with Gasteiger partial charge in [-0.2, -0.15) is 0 Å². The highest BCUT2D eigenvalue weighted by atomic mass is 35.5. The lowest BCUT2D eigenvalue weighted by Crippen LogP contribution is -2.77. The lowest BCUT2D eigenvalue weighted by molar-refractivity contribution is -0.142. The lowest BCUT2D eigenvalue weighted by atomic mass is 10.0. The van der Waals surface area contributed by atoms with E-state index in [1.54, 1.807) is 0 Å². The Kier molecular flexibility index (Phi) is 7.33. The number of carbonyl (C=O) groups is 1. The van der Waals surface area contributed by atoms with Gasteiger partial charge in [0.15, 0.2) is 8.24 Å². The highest BCUT2D eigenvalue weighted by Gasteiger charge is 2.60. The molecule has 0 spiro atoms. The first-order valence-corrected chi connectivity index (χ1v) is 15.7. The SMILES string of the molecule is CC(C)[Si](O[C@@H](C)[C@@H]1[C@@H](Cl)C(=O)N1[Si](C)(C)C(C)(C)C)(C(C)C)C(C)C. The minimum atomic E-state index is -2.00. The summed E-state index contributed by atoms with van der Waals surface area (Å²) in [5.41, 5.74) is 1.57. The van der Waals surface area contributed by atoms with Gasteiger partial charge in [-0.25, -0.2) is 0 Å². The quantitative estimate of drug-likeness (QED) is 0.271. The molecule has 3 nitrogen and oxygen atoms in total. The summed E-state index contributed by atoms with van der Waals surface area (Å²) in [6, 6.07) is -0.00631. The van der Waals surface area contributed by atoms with E-state index >= 15 is 0 Å². The molecule has 26 heavy (non-hydrogen) atoms. The molecular weight excluding hydrogens is 378 g/mol. The van der Waals surface area contributed by atoms with Gasteiger partial charge >= 0.3 is 0 Å². The molecule has 1 aliphatic heterocycles. The van der Waals surface area contributed by atoms with Crippen molar-refractivity contribution in [3.05, 3.63) is 0 Å². The maximum Gasteiger partial charge on any atom is 0.235 e. The number of hydrogen-bond donors (Lipinski definition) is 0. The number of halogens is 1. The third-order valence-electron chi connectivity index (χ3n) is 7.09. The molecular formula is C20H42ClNO2Si2. The van der Waals surface area contributed by atoms with Gasteiger partial charge in [0, 0.05) is 0 Å². The predicted octanol–water partition coefficient (Wildman–Crippen LogP) is 6.39. The first-order valence-electron chi connectivity index (χ1n) is 10.2. The van der Waals surface area contributed by atoms with Crippen molar-refractivity contribution in [2.24, 2.45) is 0 Å². The summed E-state index contributed by atoms with van der Waals surface area (Å²) in [7, 11) is -3.98. The van der Waals surface area contributed by atoms with Crippen LogP contribution in [-0.4, -0.2) is 44.5 Å². The Labute approximate surface area is 169 Å². The summed E-state index contributed by atoms with van der Waals surface area (Å²) in [6.45, 7) is 27.2. The van der Waals surface area contributed by atoms with Crippen molar-refractivity contribution in [3.8, 4) is 0 Å². The molecule has 1 amide bonds. The van der Waals surface area contributed by atoms with E-state index in [0.29, 0.717) is 16.6 Å². The van der Waals surface area contributed by atoms with Gasteiger partial charge in [0.1, 0.15) is 5.38 Å². The van der Waals surface area contributed by atoms with Crippen molar-refractivity contribution in [1.29, 1.82) is 0 Å². The molecule has 1 fully saturated rings. The number of β-lactam (4-membered cyclic amide) rings is 1. The number of alkyl halides is 1. The second-order valence-corrected chi connectivity index (χ2v) is 21.5. The number of carbonyl (C=O) groups excluding carboxylic acids is 1. The van der Waals surface area contributed by atoms with Gasteiger partial charge in [-0.15, -0.1) is 11.6 Å². The van der Waals surface area contributed by atoms with Gasteiger partial charge in [-0.3, -0.25) is 4.79 Å². The summed E-state index contributed by atoms with van der Waals surface area (Å²) in [5, 5.41) is -0.349. The predicted molar refractivity (Wildman–Crippen MR) is 119 cm³/mol. The van der Waals surface area contributed by atoms with E-state index in [2.05, 4.69) is 86.9 Å². The molecule has 154 valence electrons. The number of nitrogens with zero attached hydrogens (tertiary/aromatic N) is 1. The fourth-order valence-corrected chi connectivity index (χ4v) is 13.4. The molecule has 0 radical (unpaired) electrons. The van der Waals surface area contributed by atoms with Crippen LogP contribution in [0.5, 0.6) is 0 Å². The van der Waals surface area contributed by atoms with E-state index < -0.39 is 21.9 Å². The van der Waals surface area contributed by atoms with Crippen LogP contribution in [0.2, 0.25) is 34.8 Å². The van der Waals surface area contributed by atoms with Crippen molar-refractivity contribution in [2.45, 2.75) is 122 Å². The first-order chi connectivity index (χ1) is 11.5. The highest BCUT2D eigenvalue weighted by molar-refractivity contribution is 6.80. The van der Waals surface area contributed by atoms with Crippen LogP contribution >= 0.6 is 11.6 Å². The van der Waals surface area contributed by atoms with Crippen molar-refractivity contribution in [1.82, 2.24) is 4.57 Å². The van der Waals surface area contributed by atoms with Crippen molar-refractivity contribution >= 4 is 34.1 Å². The van der Waals surface area contributed by atoms with Gasteiger partial charge in [-0.05, 0) is 28.6 Å². The summed E-state index contributed by atoms with van der Waals surface area (Å²) in [5.74, 6) is 0.101. The van der Waals surface area contributed by atoms with Gasteiger partial charge in [0.05, 0.1) is 12.1 Å². The van der Waals surface area contributed by atoms with Gasteiger partial charge < -0.3 is 8.99 Å². The van der Waals surface area contributed by atoms with Crippen LogP contribution in [0.4, 0.5) is 0 Å². The zero-order valence-electron chi connectivity index (χ0n) is 19.1. The fraction of sp³-hybridized carbons (Fsp3) is 0.950. The van der Waals surface area contributed by atoms with Crippen LogP contribution in [0, 0.1) is 0 Å². The monoisotopic (exact) mass is 419 g/mol. The molecule has 1 heterocycles. The Morgan fingerprint density at radius 3 is 1.65 bits per heavy atom. The number of amides is 1. The van der Waals surface area contributed by atoms with Crippen molar-refractivity contribution < 1.29 is 9.22 Å². The van der Waals surface area contributed by atoms with Crippen LogP contribution < -0.4 is 0 Å². The number of rotatable bonds is 7. The Hall–Kier alpha value is 0.154. The molecule has 0 saturated carbocycles. The molecule has 1 rings (SSSR count). The average molecular weight is 420 g/mol. The van der Waals surface area contributed by atoms with E-state index in [-0.39, 0.29) is 23.1 Å². The van der Waals surface area contributed by atoms with Crippen LogP contribution in [0.3, 0.4) is 0 Å². The van der Waals surface area contributed by atoms with Gasteiger partial charge in [0.2, 0.25) is 14.2 Å². The van der Waals surface area contributed by atoms with Crippen LogP contribution in [0.25, 0.3) is 0 Å². The largest absolute Gasteiger partial charge is 0.411 e. The van der Waals surface area contributed by atoms with E-state index in [4.69, 9.17) is 16.0 Å². The lowest BCUT2D eigenvalue weighted by Gasteiger charge is -2.59. The highest BCUT2D eigenvalue weighted by Crippen LogP contribution is 2.48. The van der Waals surface area contributed by atoms with E-state index in [1.807, 2.05) is 0 Å². The average Bonchev–Trinajstić information content (AvgIpc) is 2.46. The second-order valence-electron chi connectivity index (χ2n) is 10.6. The Morgan fingerprint density at radius 1 is 0.962 bits per heavy atom. The summed E-state index contributed by atoms with van der Waals surface area (Å²) >= 11 is 6.55. The minimum absolute atomic E-state index is 0.00631. The third kappa shape index (κ3) is 3.83. The van der Waals surface area contributed by atoms with E-state index in [9.17, 15) is 4.79 Å². The Bertz CT molecular complexity index is 493. The summed E-state index contributed by atoms with van der Waals surface area (Å²) < 4.78 is 9.10. The molecule has 0 aromatic carbocycles. The number of hydrogen-bond acceptors (Lipinski definition) is 2. The Balaban J connectivity index is 3.21. The van der Waals surface area contributed by atoms with Crippen LogP contribution in [-0.2, 0) is 9.22 Å². The molecule has 0 N–H and O–H groups in total. The zero-order chi connectivity index (χ0) is 20.8. The van der Waals surface area contributed by atoms with Gasteiger partial charge in [0.25, 0.3) is 0 Å². The molecule has 1 saturated heterocycles. The van der Waals surface area contributed by atoms with E-state index in [1.165, 1.54) is 0 Å². The molecule has 0 unspecified atom stereocenters. The molecule has 1 aliphatic rings.